The van der Waals surface area contributed by atoms with Gasteiger partial charge in [0.25, 0.3) is 5.91 Å². The first-order valence-corrected chi connectivity index (χ1v) is 15.8. The number of halogens is 2. The highest BCUT2D eigenvalue weighted by Crippen LogP contribution is 2.40. The average Bonchev–Trinajstić information content (AvgIpc) is 3.46. The summed E-state index contributed by atoms with van der Waals surface area (Å²) in [5.74, 6) is -1.19. The normalized spacial score (nSPS) is 22.3. The number of likely N-dealkylation sites (tertiary alicyclic amines) is 1. The summed E-state index contributed by atoms with van der Waals surface area (Å²) in [5.41, 5.74) is 1.69. The zero-order valence-corrected chi connectivity index (χ0v) is 26.7. The summed E-state index contributed by atoms with van der Waals surface area (Å²) < 4.78 is 26.8. The van der Waals surface area contributed by atoms with E-state index >= 15 is 0 Å². The Morgan fingerprint density at radius 1 is 1.22 bits per heavy atom. The number of nitriles is 1. The van der Waals surface area contributed by atoms with Gasteiger partial charge in [-0.15, -0.1) is 0 Å². The minimum absolute atomic E-state index is 0.206. The summed E-state index contributed by atoms with van der Waals surface area (Å²) in [5, 5.41) is 12.7. The van der Waals surface area contributed by atoms with E-state index in [1.807, 2.05) is 41.3 Å². The van der Waals surface area contributed by atoms with Crippen molar-refractivity contribution < 1.29 is 18.7 Å². The number of fused-ring (bicyclic) bond motifs is 2. The maximum Gasteiger partial charge on any atom is 0.318 e. The second kappa shape index (κ2) is 12.5. The van der Waals surface area contributed by atoms with Crippen LogP contribution in [0.15, 0.2) is 48.8 Å². The molecule has 0 saturated carbocycles. The number of rotatable bonds is 7. The molecular weight excluding hydrogens is 595 g/mol. The van der Waals surface area contributed by atoms with E-state index in [-0.39, 0.29) is 37.9 Å². The minimum Gasteiger partial charge on any atom is -0.462 e. The van der Waals surface area contributed by atoms with Crippen LogP contribution >= 0.6 is 11.6 Å². The van der Waals surface area contributed by atoms with Crippen LogP contribution in [0.25, 0.3) is 10.8 Å². The lowest BCUT2D eigenvalue weighted by Gasteiger charge is -2.46. The van der Waals surface area contributed by atoms with Gasteiger partial charge in [0, 0.05) is 48.1 Å². The Hall–Kier alpha value is -3.78. The summed E-state index contributed by atoms with van der Waals surface area (Å²) in [6.45, 7) is 9.35. The molecule has 3 aromatic rings. The van der Waals surface area contributed by atoms with Gasteiger partial charge in [-0.25, -0.2) is 4.39 Å². The van der Waals surface area contributed by atoms with Gasteiger partial charge < -0.3 is 24.2 Å². The van der Waals surface area contributed by atoms with E-state index in [2.05, 4.69) is 24.6 Å². The number of carbonyl (C=O) groups is 1. The van der Waals surface area contributed by atoms with Crippen LogP contribution in [0, 0.1) is 16.7 Å². The van der Waals surface area contributed by atoms with Crippen molar-refractivity contribution in [3.8, 4) is 12.1 Å². The molecule has 0 bridgehead atoms. The van der Waals surface area contributed by atoms with Crippen molar-refractivity contribution in [2.75, 3.05) is 44.7 Å². The number of ether oxygens (including phenoxy) is 2. The van der Waals surface area contributed by atoms with Gasteiger partial charge in [0.05, 0.1) is 35.9 Å². The Morgan fingerprint density at radius 2 is 2.00 bits per heavy atom. The van der Waals surface area contributed by atoms with Crippen molar-refractivity contribution in [3.05, 3.63) is 70.6 Å². The molecule has 3 aliphatic heterocycles. The van der Waals surface area contributed by atoms with E-state index < -0.39 is 23.2 Å². The zero-order chi connectivity index (χ0) is 31.9. The number of likely N-dealkylation sites (N-methyl/N-ethyl adjacent to an activating group) is 1. The third kappa shape index (κ3) is 6.09. The number of hydrogen-bond acceptors (Lipinski definition) is 8. The first-order valence-electron chi connectivity index (χ1n) is 15.4. The number of piperazine rings is 1. The van der Waals surface area contributed by atoms with Gasteiger partial charge in [0.2, 0.25) is 0 Å². The molecule has 2 saturated heterocycles. The monoisotopic (exact) mass is 632 g/mol. The van der Waals surface area contributed by atoms with Gasteiger partial charge >= 0.3 is 6.01 Å². The fourth-order valence-electron chi connectivity index (χ4n) is 6.77. The van der Waals surface area contributed by atoms with E-state index in [1.54, 1.807) is 13.8 Å². The van der Waals surface area contributed by atoms with E-state index in [4.69, 9.17) is 31.0 Å². The molecular formula is C34H38ClFN6O3. The molecule has 236 valence electrons. The highest BCUT2D eigenvalue weighted by atomic mass is 35.5. The predicted octanol–water partition coefficient (Wildman–Crippen LogP) is 5.62. The summed E-state index contributed by atoms with van der Waals surface area (Å²) in [6.07, 6.45) is 2.38. The fourth-order valence-corrected chi connectivity index (χ4v) is 7.07. The van der Waals surface area contributed by atoms with E-state index in [0.717, 1.165) is 47.0 Å². The standard InChI is InChI=1S/C34H38ClFN6O3/c1-21(36)32(43)42-15-14-41(17-29(42)34(2,3)20-37)31-25-19-44-28(24-11-5-8-22-9-6-12-26(35)30(22)24)16-27(25)38-33(39-31)45-18-23-10-7-13-40(23)4/h5-6,8-9,11-12,23,28-29H,1,7,10,13-19H2,2-4H3/t23-,28?,29?/m0/s1. The predicted molar refractivity (Wildman–Crippen MR) is 171 cm³/mol. The van der Waals surface area contributed by atoms with Crippen molar-refractivity contribution in [3.63, 3.8) is 0 Å². The average molecular weight is 633 g/mol. The van der Waals surface area contributed by atoms with Gasteiger partial charge in [-0.2, -0.15) is 15.2 Å². The Labute approximate surface area is 268 Å². The number of aromatic nitrogens is 2. The fraction of sp³-hybridized carbons (Fsp3) is 0.471. The maximum absolute atomic E-state index is 14.0. The Balaban J connectivity index is 1.37. The number of hydrogen-bond donors (Lipinski definition) is 0. The lowest BCUT2D eigenvalue weighted by Crippen LogP contribution is -2.60. The van der Waals surface area contributed by atoms with Crippen molar-refractivity contribution in [2.45, 2.75) is 57.9 Å². The molecule has 3 atom stereocenters. The molecule has 45 heavy (non-hydrogen) atoms. The third-order valence-electron chi connectivity index (χ3n) is 9.46. The molecule has 0 aliphatic carbocycles. The van der Waals surface area contributed by atoms with Gasteiger partial charge in [-0.05, 0) is 57.3 Å². The van der Waals surface area contributed by atoms with E-state index in [1.165, 1.54) is 4.90 Å². The van der Waals surface area contributed by atoms with E-state index in [0.29, 0.717) is 30.4 Å². The molecule has 1 aromatic heterocycles. The molecule has 2 aromatic carbocycles. The Kier molecular flexibility index (Phi) is 8.70. The number of carbonyl (C=O) groups excluding carboxylic acids is 1. The highest BCUT2D eigenvalue weighted by Gasteiger charge is 2.43. The third-order valence-corrected chi connectivity index (χ3v) is 9.78. The van der Waals surface area contributed by atoms with Crippen LogP contribution in [0.4, 0.5) is 10.2 Å². The maximum atomic E-state index is 14.0. The lowest BCUT2D eigenvalue weighted by molar-refractivity contribution is -0.133. The van der Waals surface area contributed by atoms with Gasteiger partial charge in [0.1, 0.15) is 12.4 Å². The molecule has 11 heteroatoms. The second-order valence-corrected chi connectivity index (χ2v) is 13.1. The second-order valence-electron chi connectivity index (χ2n) is 12.7. The van der Waals surface area contributed by atoms with Crippen LogP contribution in [-0.4, -0.2) is 77.6 Å². The number of amides is 1. The highest BCUT2D eigenvalue weighted by molar-refractivity contribution is 6.35. The number of nitrogens with zero attached hydrogens (tertiary/aromatic N) is 6. The van der Waals surface area contributed by atoms with Crippen molar-refractivity contribution >= 4 is 34.1 Å². The summed E-state index contributed by atoms with van der Waals surface area (Å²) in [7, 11) is 2.10. The smallest absolute Gasteiger partial charge is 0.318 e. The molecule has 4 heterocycles. The van der Waals surface area contributed by atoms with Crippen LogP contribution < -0.4 is 9.64 Å². The molecule has 2 fully saturated rings. The number of benzene rings is 2. The van der Waals surface area contributed by atoms with Crippen LogP contribution in [0.5, 0.6) is 6.01 Å². The van der Waals surface area contributed by atoms with Crippen LogP contribution in [-0.2, 0) is 22.6 Å². The molecule has 1 amide bonds. The Bertz CT molecular complexity index is 1670. The van der Waals surface area contributed by atoms with Gasteiger partial charge in [-0.3, -0.25) is 4.79 Å². The quantitative estimate of drug-likeness (QED) is 0.310. The molecule has 9 nitrogen and oxygen atoms in total. The van der Waals surface area contributed by atoms with Crippen molar-refractivity contribution in [1.29, 1.82) is 5.26 Å². The van der Waals surface area contributed by atoms with Crippen molar-refractivity contribution in [1.82, 2.24) is 19.8 Å². The molecule has 2 unspecified atom stereocenters. The molecule has 0 spiro atoms. The van der Waals surface area contributed by atoms with Gasteiger partial charge in [-0.1, -0.05) is 48.5 Å². The summed E-state index contributed by atoms with van der Waals surface area (Å²) >= 11 is 6.67. The van der Waals surface area contributed by atoms with Crippen molar-refractivity contribution in [2.24, 2.45) is 5.41 Å². The lowest BCUT2D eigenvalue weighted by atomic mass is 9.83. The SMILES string of the molecule is C=C(F)C(=O)N1CCN(c2nc(OC[C@@H]3CCCN3C)nc3c2COC(c2cccc4cccc(Cl)c24)C3)CC1C(C)(C)C#N. The topological polar surface area (TPSA) is 94.8 Å². The number of anilines is 1. The van der Waals surface area contributed by atoms with Crippen LogP contribution in [0.1, 0.15) is 49.6 Å². The van der Waals surface area contributed by atoms with Crippen LogP contribution in [0.3, 0.4) is 0 Å². The molecule has 3 aliphatic rings. The van der Waals surface area contributed by atoms with Gasteiger partial charge in [0.15, 0.2) is 5.83 Å². The molecule has 6 rings (SSSR count). The largest absolute Gasteiger partial charge is 0.462 e. The van der Waals surface area contributed by atoms with Crippen LogP contribution in [0.2, 0.25) is 5.02 Å². The van der Waals surface area contributed by atoms with E-state index in [9.17, 15) is 14.4 Å². The first kappa shape index (κ1) is 31.2. The minimum atomic E-state index is -1.04. The summed E-state index contributed by atoms with van der Waals surface area (Å²) in [6, 6.07) is 14.2. The zero-order valence-electron chi connectivity index (χ0n) is 25.9. The Morgan fingerprint density at radius 3 is 2.71 bits per heavy atom. The molecule has 0 N–H and O–H groups in total. The first-order chi connectivity index (χ1) is 21.6. The molecule has 0 radical (unpaired) electrons. The summed E-state index contributed by atoms with van der Waals surface area (Å²) in [4.78, 5) is 28.3.